The third-order valence-corrected chi connectivity index (χ3v) is 2.75. The highest BCUT2D eigenvalue weighted by molar-refractivity contribution is 7.93. The summed E-state index contributed by atoms with van der Waals surface area (Å²) in [5, 5.41) is 0.530. The maximum Gasteiger partial charge on any atom is 0.416 e. The number of rotatable bonds is 2. The molecular formula is C11H8F6O2S. The van der Waals surface area contributed by atoms with Crippen molar-refractivity contribution in [3.63, 3.8) is 0 Å². The van der Waals surface area contributed by atoms with Crippen LogP contribution in [-0.4, -0.2) is 14.7 Å². The number of sulfone groups is 1. The van der Waals surface area contributed by atoms with E-state index in [0.717, 1.165) is 6.26 Å². The molecule has 112 valence electrons. The number of benzene rings is 1. The van der Waals surface area contributed by atoms with Gasteiger partial charge in [-0.2, -0.15) is 26.3 Å². The van der Waals surface area contributed by atoms with Gasteiger partial charge in [-0.25, -0.2) is 8.42 Å². The number of alkyl halides is 6. The Labute approximate surface area is 110 Å². The van der Waals surface area contributed by atoms with E-state index in [4.69, 9.17) is 0 Å². The zero-order valence-corrected chi connectivity index (χ0v) is 10.7. The summed E-state index contributed by atoms with van der Waals surface area (Å²) in [5.74, 6) is 0. The third kappa shape index (κ3) is 4.87. The first-order chi connectivity index (χ1) is 8.79. The van der Waals surface area contributed by atoms with E-state index in [1.54, 1.807) is 0 Å². The molecule has 0 amide bonds. The second kappa shape index (κ2) is 5.12. The molecule has 0 heterocycles. The highest BCUT2D eigenvalue weighted by Gasteiger charge is 2.36. The Hall–Kier alpha value is -1.51. The van der Waals surface area contributed by atoms with Gasteiger partial charge in [0.2, 0.25) is 0 Å². The van der Waals surface area contributed by atoms with Crippen molar-refractivity contribution in [2.75, 3.05) is 6.26 Å². The Bertz CT molecular complexity index is 593. The van der Waals surface area contributed by atoms with Crippen LogP contribution in [-0.2, 0) is 22.2 Å². The lowest BCUT2D eigenvalue weighted by Crippen LogP contribution is -2.11. The van der Waals surface area contributed by atoms with Crippen molar-refractivity contribution in [1.82, 2.24) is 0 Å². The first kappa shape index (κ1) is 16.5. The van der Waals surface area contributed by atoms with Crippen molar-refractivity contribution in [3.8, 4) is 0 Å². The summed E-state index contributed by atoms with van der Waals surface area (Å²) in [6, 6.07) is 0.853. The van der Waals surface area contributed by atoms with E-state index in [1.807, 2.05) is 0 Å². The lowest BCUT2D eigenvalue weighted by Gasteiger charge is -2.12. The number of hydrogen-bond acceptors (Lipinski definition) is 2. The van der Waals surface area contributed by atoms with Crippen LogP contribution in [0.15, 0.2) is 23.6 Å². The molecule has 0 saturated carbocycles. The molecule has 0 spiro atoms. The Morgan fingerprint density at radius 3 is 1.60 bits per heavy atom. The lowest BCUT2D eigenvalue weighted by atomic mass is 10.0. The standard InChI is InChI=1S/C11H8F6O2S/c1-20(18,19)3-2-7-4-8(10(12,13)14)6-9(5-7)11(15,16)17/h2-6H,1H3/b3-2+. The van der Waals surface area contributed by atoms with Crippen molar-refractivity contribution in [1.29, 1.82) is 0 Å². The summed E-state index contributed by atoms with van der Waals surface area (Å²) in [5.41, 5.74) is -3.50. The molecule has 0 saturated heterocycles. The number of hydrogen-bond donors (Lipinski definition) is 0. The molecule has 0 aliphatic carbocycles. The fourth-order valence-corrected chi connectivity index (χ4v) is 1.68. The van der Waals surface area contributed by atoms with E-state index in [2.05, 4.69) is 0 Å². The number of halogens is 6. The van der Waals surface area contributed by atoms with Gasteiger partial charge in [0.1, 0.15) is 0 Å². The summed E-state index contributed by atoms with van der Waals surface area (Å²) in [7, 11) is -3.66. The minimum Gasteiger partial charge on any atom is -0.225 e. The maximum atomic E-state index is 12.5. The average Bonchev–Trinajstić information content (AvgIpc) is 2.22. The van der Waals surface area contributed by atoms with Crippen LogP contribution in [0.3, 0.4) is 0 Å². The fourth-order valence-electron chi connectivity index (χ4n) is 1.28. The van der Waals surface area contributed by atoms with Gasteiger partial charge in [0.15, 0.2) is 9.84 Å². The van der Waals surface area contributed by atoms with Crippen LogP contribution in [0.4, 0.5) is 26.3 Å². The molecule has 0 aliphatic rings. The Morgan fingerprint density at radius 2 is 1.30 bits per heavy atom. The molecule has 0 unspecified atom stereocenters. The summed E-state index contributed by atoms with van der Waals surface area (Å²) < 4.78 is 96.7. The third-order valence-electron chi connectivity index (χ3n) is 2.12. The molecule has 1 aromatic rings. The molecule has 0 radical (unpaired) electrons. The van der Waals surface area contributed by atoms with E-state index in [9.17, 15) is 34.8 Å². The second-order valence-electron chi connectivity index (χ2n) is 3.97. The van der Waals surface area contributed by atoms with Gasteiger partial charge in [-0.15, -0.1) is 0 Å². The SMILES string of the molecule is CS(=O)(=O)/C=C/c1cc(C(F)(F)F)cc(C(F)(F)F)c1. The van der Waals surface area contributed by atoms with Crippen LogP contribution in [0, 0.1) is 0 Å². The van der Waals surface area contributed by atoms with E-state index in [0.29, 0.717) is 23.6 Å². The Balaban J connectivity index is 3.43. The van der Waals surface area contributed by atoms with Crippen molar-refractivity contribution in [2.45, 2.75) is 12.4 Å². The maximum absolute atomic E-state index is 12.5. The second-order valence-corrected chi connectivity index (χ2v) is 5.90. The molecule has 1 rings (SSSR count). The van der Waals surface area contributed by atoms with E-state index in [-0.39, 0.29) is 6.07 Å². The molecule has 0 atom stereocenters. The largest absolute Gasteiger partial charge is 0.416 e. The van der Waals surface area contributed by atoms with Crippen LogP contribution in [0.2, 0.25) is 0 Å². The van der Waals surface area contributed by atoms with Gasteiger partial charge in [-0.3, -0.25) is 0 Å². The van der Waals surface area contributed by atoms with E-state index < -0.39 is 38.9 Å². The zero-order chi connectivity index (χ0) is 15.8. The van der Waals surface area contributed by atoms with Crippen LogP contribution < -0.4 is 0 Å². The van der Waals surface area contributed by atoms with Crippen molar-refractivity contribution in [2.24, 2.45) is 0 Å². The van der Waals surface area contributed by atoms with Gasteiger partial charge < -0.3 is 0 Å². The van der Waals surface area contributed by atoms with E-state index in [1.165, 1.54) is 0 Å². The average molecular weight is 318 g/mol. The van der Waals surface area contributed by atoms with Gasteiger partial charge in [0.25, 0.3) is 0 Å². The quantitative estimate of drug-likeness (QED) is 0.779. The highest BCUT2D eigenvalue weighted by Crippen LogP contribution is 2.36. The van der Waals surface area contributed by atoms with Gasteiger partial charge in [-0.1, -0.05) is 0 Å². The summed E-state index contributed by atoms with van der Waals surface area (Å²) >= 11 is 0. The van der Waals surface area contributed by atoms with Crippen LogP contribution in [0.5, 0.6) is 0 Å². The smallest absolute Gasteiger partial charge is 0.225 e. The lowest BCUT2D eigenvalue weighted by molar-refractivity contribution is -0.143. The molecule has 0 N–H and O–H groups in total. The molecule has 1 aromatic carbocycles. The van der Waals surface area contributed by atoms with E-state index >= 15 is 0 Å². The molecule has 2 nitrogen and oxygen atoms in total. The van der Waals surface area contributed by atoms with Gasteiger partial charge in [0.05, 0.1) is 11.1 Å². The monoisotopic (exact) mass is 318 g/mol. The van der Waals surface area contributed by atoms with Gasteiger partial charge in [-0.05, 0) is 29.8 Å². The molecule has 9 heteroatoms. The van der Waals surface area contributed by atoms with Crippen LogP contribution in [0.1, 0.15) is 16.7 Å². The van der Waals surface area contributed by atoms with Gasteiger partial charge in [0, 0.05) is 11.7 Å². The van der Waals surface area contributed by atoms with Gasteiger partial charge >= 0.3 is 12.4 Å². The summed E-state index contributed by atoms with van der Waals surface area (Å²) in [4.78, 5) is 0. The predicted octanol–water partition coefficient (Wildman–Crippen LogP) is 3.74. The summed E-state index contributed by atoms with van der Waals surface area (Å²) in [6.45, 7) is 0. The Morgan fingerprint density at radius 1 is 0.900 bits per heavy atom. The van der Waals surface area contributed by atoms with Crippen LogP contribution in [0.25, 0.3) is 6.08 Å². The van der Waals surface area contributed by atoms with Crippen molar-refractivity contribution >= 4 is 15.9 Å². The molecule has 20 heavy (non-hydrogen) atoms. The molecule has 0 bridgehead atoms. The zero-order valence-electron chi connectivity index (χ0n) is 9.88. The molecule has 0 aromatic heterocycles. The molecule has 0 fully saturated rings. The molecular weight excluding hydrogens is 310 g/mol. The van der Waals surface area contributed by atoms with Crippen molar-refractivity contribution < 1.29 is 34.8 Å². The molecule has 0 aliphatic heterocycles. The first-order valence-electron chi connectivity index (χ1n) is 4.97. The highest BCUT2D eigenvalue weighted by atomic mass is 32.2. The first-order valence-corrected chi connectivity index (χ1v) is 6.92. The minimum atomic E-state index is -4.96. The van der Waals surface area contributed by atoms with Crippen molar-refractivity contribution in [3.05, 3.63) is 40.3 Å². The van der Waals surface area contributed by atoms with Crippen LogP contribution >= 0.6 is 0 Å². The summed E-state index contributed by atoms with van der Waals surface area (Å²) in [6.07, 6.45) is -8.48. The fraction of sp³-hybridized carbons (Fsp3) is 0.273. The normalized spacial score (nSPS) is 13.9. The minimum absolute atomic E-state index is 0.0300. The predicted molar refractivity (Wildman–Crippen MR) is 60.3 cm³/mol. The topological polar surface area (TPSA) is 34.1 Å². The Kier molecular flexibility index (Phi) is 4.23.